The van der Waals surface area contributed by atoms with E-state index in [-0.39, 0.29) is 5.91 Å². The Balaban J connectivity index is 2.60. The molecule has 1 aromatic rings. The third-order valence-corrected chi connectivity index (χ3v) is 3.08. The second-order valence-corrected chi connectivity index (χ2v) is 4.64. The Morgan fingerprint density at radius 2 is 2.24 bits per heavy atom. The van der Waals surface area contributed by atoms with E-state index in [0.29, 0.717) is 11.3 Å². The highest BCUT2D eigenvalue weighted by Gasteiger charge is 2.05. The molecule has 0 aliphatic heterocycles. The van der Waals surface area contributed by atoms with Gasteiger partial charge in [0.05, 0.1) is 11.4 Å². The van der Waals surface area contributed by atoms with E-state index < -0.39 is 0 Å². The Hall–Kier alpha value is -1.36. The maximum Gasteiger partial charge on any atom is 0.251 e. The first kappa shape index (κ1) is 13.7. The van der Waals surface area contributed by atoms with Crippen LogP contribution in [0.1, 0.15) is 16.8 Å². The molecule has 5 heteroatoms. The van der Waals surface area contributed by atoms with Crippen molar-refractivity contribution in [3.05, 3.63) is 23.8 Å². The number of carbonyl (C=O) groups excluding carboxylic acids is 1. The van der Waals surface area contributed by atoms with Gasteiger partial charge in [0, 0.05) is 19.2 Å². The fourth-order valence-electron chi connectivity index (χ4n) is 1.45. The average molecular weight is 253 g/mol. The van der Waals surface area contributed by atoms with E-state index >= 15 is 0 Å². The van der Waals surface area contributed by atoms with Gasteiger partial charge in [-0.25, -0.2) is 0 Å². The second kappa shape index (κ2) is 7.06. The zero-order valence-corrected chi connectivity index (χ0v) is 11.1. The van der Waals surface area contributed by atoms with E-state index in [1.54, 1.807) is 19.2 Å². The molecule has 94 valence electrons. The molecule has 0 fully saturated rings. The Morgan fingerprint density at radius 3 is 2.82 bits per heavy atom. The van der Waals surface area contributed by atoms with Crippen LogP contribution in [0.2, 0.25) is 0 Å². The molecule has 0 saturated carbocycles. The molecule has 0 radical (unpaired) electrons. The van der Waals surface area contributed by atoms with Crippen LogP contribution in [0.5, 0.6) is 0 Å². The minimum absolute atomic E-state index is 0.120. The van der Waals surface area contributed by atoms with Gasteiger partial charge in [0.1, 0.15) is 0 Å². The van der Waals surface area contributed by atoms with Crippen molar-refractivity contribution in [3.63, 3.8) is 0 Å². The number of nitrogens with two attached hydrogens (primary N) is 1. The highest BCUT2D eigenvalue weighted by atomic mass is 32.2. The Bertz CT molecular complexity index is 382. The number of amides is 1. The van der Waals surface area contributed by atoms with Gasteiger partial charge in [-0.1, -0.05) is 0 Å². The number of hydrogen-bond acceptors (Lipinski definition) is 4. The van der Waals surface area contributed by atoms with Crippen molar-refractivity contribution in [3.8, 4) is 0 Å². The van der Waals surface area contributed by atoms with Crippen LogP contribution >= 0.6 is 11.8 Å². The minimum Gasteiger partial charge on any atom is -0.397 e. The fraction of sp³-hybridized carbons (Fsp3) is 0.417. The summed E-state index contributed by atoms with van der Waals surface area (Å²) in [7, 11) is 1.60. The lowest BCUT2D eigenvalue weighted by molar-refractivity contribution is 0.0963. The van der Waals surface area contributed by atoms with Crippen molar-refractivity contribution in [1.29, 1.82) is 0 Å². The van der Waals surface area contributed by atoms with E-state index in [9.17, 15) is 4.79 Å². The lowest BCUT2D eigenvalue weighted by Gasteiger charge is -2.10. The first-order valence-electron chi connectivity index (χ1n) is 5.53. The van der Waals surface area contributed by atoms with Crippen LogP contribution in [0.15, 0.2) is 18.2 Å². The van der Waals surface area contributed by atoms with Crippen molar-refractivity contribution < 1.29 is 4.79 Å². The molecule has 4 nitrogen and oxygen atoms in total. The lowest BCUT2D eigenvalue weighted by atomic mass is 10.1. The SMILES string of the molecule is CNC(=O)c1ccc(NCCCSC)c(N)c1. The van der Waals surface area contributed by atoms with Crippen LogP contribution < -0.4 is 16.4 Å². The molecule has 0 spiro atoms. The van der Waals surface area contributed by atoms with Crippen molar-refractivity contribution in [2.75, 3.05) is 36.7 Å². The summed E-state index contributed by atoms with van der Waals surface area (Å²) in [5.41, 5.74) is 7.96. The van der Waals surface area contributed by atoms with Gasteiger partial charge >= 0.3 is 0 Å². The van der Waals surface area contributed by atoms with E-state index in [1.807, 2.05) is 17.8 Å². The topological polar surface area (TPSA) is 67.2 Å². The van der Waals surface area contributed by atoms with E-state index in [0.717, 1.165) is 24.4 Å². The maximum atomic E-state index is 11.4. The highest BCUT2D eigenvalue weighted by Crippen LogP contribution is 2.19. The summed E-state index contributed by atoms with van der Waals surface area (Å²) in [6, 6.07) is 5.31. The molecule has 1 rings (SSSR count). The summed E-state index contributed by atoms with van der Waals surface area (Å²) >= 11 is 1.83. The summed E-state index contributed by atoms with van der Waals surface area (Å²) in [6.45, 7) is 0.893. The van der Waals surface area contributed by atoms with Gasteiger partial charge in [-0.2, -0.15) is 11.8 Å². The first-order valence-corrected chi connectivity index (χ1v) is 6.93. The number of carbonyl (C=O) groups is 1. The molecule has 1 amide bonds. The minimum atomic E-state index is -0.120. The van der Waals surface area contributed by atoms with Crippen LogP contribution in [-0.2, 0) is 0 Å². The summed E-state index contributed by atoms with van der Waals surface area (Å²) in [6.07, 6.45) is 3.18. The van der Waals surface area contributed by atoms with Crippen LogP contribution in [0.3, 0.4) is 0 Å². The smallest absolute Gasteiger partial charge is 0.251 e. The summed E-state index contributed by atoms with van der Waals surface area (Å²) < 4.78 is 0. The second-order valence-electron chi connectivity index (χ2n) is 3.65. The molecule has 0 aliphatic carbocycles. The van der Waals surface area contributed by atoms with Crippen molar-refractivity contribution in [2.24, 2.45) is 0 Å². The van der Waals surface area contributed by atoms with Gasteiger partial charge < -0.3 is 16.4 Å². The van der Waals surface area contributed by atoms with Gasteiger partial charge in [0.15, 0.2) is 0 Å². The van der Waals surface area contributed by atoms with Crippen LogP contribution in [0.25, 0.3) is 0 Å². The predicted molar refractivity (Wildman–Crippen MR) is 75.7 cm³/mol. The summed E-state index contributed by atoms with van der Waals surface area (Å²) in [4.78, 5) is 11.4. The molecular weight excluding hydrogens is 234 g/mol. The van der Waals surface area contributed by atoms with E-state index in [4.69, 9.17) is 5.73 Å². The van der Waals surface area contributed by atoms with E-state index in [2.05, 4.69) is 16.9 Å². The number of nitrogen functional groups attached to an aromatic ring is 1. The molecule has 0 aromatic heterocycles. The maximum absolute atomic E-state index is 11.4. The van der Waals surface area contributed by atoms with Crippen LogP contribution in [0, 0.1) is 0 Å². The number of hydrogen-bond donors (Lipinski definition) is 3. The van der Waals surface area contributed by atoms with Crippen LogP contribution in [0.4, 0.5) is 11.4 Å². The molecular formula is C12H19N3OS. The molecule has 4 N–H and O–H groups in total. The molecule has 1 aromatic carbocycles. The van der Waals surface area contributed by atoms with Crippen molar-refractivity contribution in [2.45, 2.75) is 6.42 Å². The van der Waals surface area contributed by atoms with Gasteiger partial charge in [-0.3, -0.25) is 4.79 Å². The number of anilines is 2. The van der Waals surface area contributed by atoms with E-state index in [1.165, 1.54) is 0 Å². The first-order chi connectivity index (χ1) is 8.19. The molecule has 17 heavy (non-hydrogen) atoms. The normalized spacial score (nSPS) is 10.0. The zero-order chi connectivity index (χ0) is 12.7. The molecule has 0 aliphatic rings. The van der Waals surface area contributed by atoms with Gasteiger partial charge in [-0.05, 0) is 36.6 Å². The van der Waals surface area contributed by atoms with Gasteiger partial charge in [0.2, 0.25) is 0 Å². The number of nitrogens with one attached hydrogen (secondary N) is 2. The standard InChI is InChI=1S/C12H19N3OS/c1-14-12(16)9-4-5-11(10(13)8-9)15-6-3-7-17-2/h4-5,8,15H,3,6-7,13H2,1-2H3,(H,14,16). The van der Waals surface area contributed by atoms with Crippen molar-refractivity contribution in [1.82, 2.24) is 5.32 Å². The molecule has 0 bridgehead atoms. The third kappa shape index (κ3) is 4.19. The third-order valence-electron chi connectivity index (χ3n) is 2.38. The molecule has 0 unspecified atom stereocenters. The Morgan fingerprint density at radius 1 is 1.47 bits per heavy atom. The summed E-state index contributed by atoms with van der Waals surface area (Å²) in [5, 5.41) is 5.83. The van der Waals surface area contributed by atoms with Crippen molar-refractivity contribution >= 4 is 29.0 Å². The Labute approximate surface area is 106 Å². The largest absolute Gasteiger partial charge is 0.397 e. The zero-order valence-electron chi connectivity index (χ0n) is 10.2. The Kier molecular flexibility index (Phi) is 5.69. The lowest BCUT2D eigenvalue weighted by Crippen LogP contribution is -2.18. The number of rotatable bonds is 6. The molecule has 0 heterocycles. The predicted octanol–water partition coefficient (Wildman–Crippen LogP) is 1.79. The van der Waals surface area contributed by atoms with Gasteiger partial charge in [-0.15, -0.1) is 0 Å². The molecule has 0 saturated heterocycles. The van der Waals surface area contributed by atoms with Gasteiger partial charge in [0.25, 0.3) is 5.91 Å². The summed E-state index contributed by atoms with van der Waals surface area (Å²) in [5.74, 6) is 1.01. The fourth-order valence-corrected chi connectivity index (χ4v) is 1.88. The van der Waals surface area contributed by atoms with Crippen LogP contribution in [-0.4, -0.2) is 31.5 Å². The number of thioether (sulfide) groups is 1. The quantitative estimate of drug-likeness (QED) is 0.534. The highest BCUT2D eigenvalue weighted by molar-refractivity contribution is 7.98. The number of benzene rings is 1. The monoisotopic (exact) mass is 253 g/mol. The average Bonchev–Trinajstić information content (AvgIpc) is 2.35. The molecule has 0 atom stereocenters.